The van der Waals surface area contributed by atoms with Gasteiger partial charge < -0.3 is 9.62 Å². The summed E-state index contributed by atoms with van der Waals surface area (Å²) in [4.78, 5) is 0.191. The highest BCUT2D eigenvalue weighted by Crippen LogP contribution is 2.13. The van der Waals surface area contributed by atoms with Gasteiger partial charge in [-0.1, -0.05) is 0 Å². The van der Waals surface area contributed by atoms with Crippen LogP contribution < -0.4 is 4.73 Å². The molecule has 0 spiro atoms. The molecule has 66 valence electrons. The Labute approximate surface area is 78.2 Å². The van der Waals surface area contributed by atoms with Gasteiger partial charge in [-0.3, -0.25) is 0 Å². The zero-order chi connectivity index (χ0) is 9.26. The maximum Gasteiger partial charge on any atom is 0.284 e. The second-order valence-electron chi connectivity index (χ2n) is 2.37. The number of hydrogen-bond acceptors (Lipinski definition) is 4. The van der Waals surface area contributed by atoms with Gasteiger partial charge in [0.1, 0.15) is 5.56 Å². The zero-order valence-electron chi connectivity index (χ0n) is 6.43. The molecule has 0 saturated carbocycles. The molecule has 0 saturated heterocycles. The van der Waals surface area contributed by atoms with Crippen LogP contribution in [-0.4, -0.2) is 10.2 Å². The molecule has 0 bridgehead atoms. The predicted molar refractivity (Wildman–Crippen MR) is 46.1 cm³/mol. The van der Waals surface area contributed by atoms with Crippen molar-refractivity contribution in [1.82, 2.24) is 10.2 Å². The van der Waals surface area contributed by atoms with Crippen molar-refractivity contribution in [1.29, 1.82) is 0 Å². The molecule has 0 aromatic carbocycles. The largest absolute Gasteiger partial charge is 0.619 e. The lowest BCUT2D eigenvalue weighted by atomic mass is 10.3. The molecule has 0 amide bonds. The highest BCUT2D eigenvalue weighted by atomic mass is 32.1. The fourth-order valence-corrected chi connectivity index (χ4v) is 1.06. The number of aromatic amines is 1. The second-order valence-corrected chi connectivity index (χ2v) is 2.74. The number of pyridine rings is 1. The summed E-state index contributed by atoms with van der Waals surface area (Å²) in [6.07, 6.45) is 2.74. The minimum absolute atomic E-state index is 0.191. The molecule has 2 aromatic rings. The van der Waals surface area contributed by atoms with Gasteiger partial charge in [0.15, 0.2) is 12.4 Å². The van der Waals surface area contributed by atoms with Crippen molar-refractivity contribution >= 4 is 12.2 Å². The summed E-state index contributed by atoms with van der Waals surface area (Å²) < 4.78 is 5.69. The number of H-pyrrole nitrogens is 1. The van der Waals surface area contributed by atoms with Crippen LogP contribution in [0, 0.1) is 10.0 Å². The van der Waals surface area contributed by atoms with E-state index in [0.29, 0.717) is 16.2 Å². The van der Waals surface area contributed by atoms with Gasteiger partial charge in [0.05, 0.1) is 0 Å². The molecule has 5 nitrogen and oxygen atoms in total. The highest BCUT2D eigenvalue weighted by molar-refractivity contribution is 7.71. The number of hydrogen-bond donors (Lipinski definition) is 1. The van der Waals surface area contributed by atoms with Crippen LogP contribution in [0.2, 0.25) is 0 Å². The minimum atomic E-state index is 0.191. The molecule has 0 fully saturated rings. The Morgan fingerprint density at radius 3 is 3.08 bits per heavy atom. The molecule has 13 heavy (non-hydrogen) atoms. The third-order valence-electron chi connectivity index (χ3n) is 1.46. The number of nitrogens with one attached hydrogen (secondary N) is 1. The van der Waals surface area contributed by atoms with Crippen LogP contribution in [0.5, 0.6) is 0 Å². The van der Waals surface area contributed by atoms with Crippen LogP contribution in [0.15, 0.2) is 28.9 Å². The van der Waals surface area contributed by atoms with Crippen molar-refractivity contribution < 1.29 is 9.15 Å². The van der Waals surface area contributed by atoms with E-state index in [-0.39, 0.29) is 4.84 Å². The molecule has 0 aliphatic heterocycles. The van der Waals surface area contributed by atoms with Gasteiger partial charge in [-0.05, 0) is 18.3 Å². The molecular weight excluding hydrogens is 190 g/mol. The van der Waals surface area contributed by atoms with E-state index in [1.807, 2.05) is 0 Å². The Morgan fingerprint density at radius 2 is 2.46 bits per heavy atom. The maximum atomic E-state index is 10.9. The first kappa shape index (κ1) is 7.93. The van der Waals surface area contributed by atoms with Crippen LogP contribution in [0.1, 0.15) is 0 Å². The molecule has 0 atom stereocenters. The molecule has 2 aromatic heterocycles. The zero-order valence-corrected chi connectivity index (χ0v) is 7.25. The Bertz CT molecular complexity index is 476. The first-order valence-corrected chi connectivity index (χ1v) is 3.91. The number of rotatable bonds is 1. The van der Waals surface area contributed by atoms with Crippen molar-refractivity contribution in [3.8, 4) is 11.5 Å². The highest BCUT2D eigenvalue weighted by Gasteiger charge is 2.05. The van der Waals surface area contributed by atoms with Crippen LogP contribution in [0.3, 0.4) is 0 Å². The Kier molecular flexibility index (Phi) is 1.82. The Balaban J connectivity index is 2.52. The molecule has 0 unspecified atom stereocenters. The third kappa shape index (κ3) is 1.57. The number of aromatic nitrogens is 3. The van der Waals surface area contributed by atoms with Crippen LogP contribution in [0.4, 0.5) is 0 Å². The van der Waals surface area contributed by atoms with Crippen molar-refractivity contribution in [2.75, 3.05) is 0 Å². The standard InChI is InChI=1S/C7H5N3O2S/c11-10-3-1-2-5(4-10)6-8-9-7(13)12-6/h1-4H,(H,9,13). The molecular formula is C7H5N3O2S. The fraction of sp³-hybridized carbons (Fsp3) is 0. The van der Waals surface area contributed by atoms with E-state index in [1.54, 1.807) is 12.1 Å². The van der Waals surface area contributed by atoms with Gasteiger partial charge in [0, 0.05) is 6.07 Å². The van der Waals surface area contributed by atoms with E-state index < -0.39 is 0 Å². The van der Waals surface area contributed by atoms with Gasteiger partial charge in [-0.25, -0.2) is 5.10 Å². The van der Waals surface area contributed by atoms with Crippen molar-refractivity contribution in [3.05, 3.63) is 34.6 Å². The molecule has 0 aliphatic rings. The lowest BCUT2D eigenvalue weighted by molar-refractivity contribution is -0.604. The smallest absolute Gasteiger partial charge is 0.284 e. The quantitative estimate of drug-likeness (QED) is 0.419. The summed E-state index contributed by atoms with van der Waals surface area (Å²) in [5.41, 5.74) is 0.588. The lowest BCUT2D eigenvalue weighted by Gasteiger charge is -1.95. The maximum absolute atomic E-state index is 10.9. The predicted octanol–water partition coefficient (Wildman–Crippen LogP) is 1.03. The van der Waals surface area contributed by atoms with Crippen LogP contribution >= 0.6 is 12.2 Å². The molecule has 0 aliphatic carbocycles. The second kappa shape index (κ2) is 2.98. The minimum Gasteiger partial charge on any atom is -0.619 e. The molecule has 1 N–H and O–H groups in total. The Hall–Kier alpha value is -1.69. The van der Waals surface area contributed by atoms with Gasteiger partial charge in [-0.15, -0.1) is 5.10 Å². The summed E-state index contributed by atoms with van der Waals surface area (Å²) in [5, 5.41) is 17.1. The van der Waals surface area contributed by atoms with Gasteiger partial charge >= 0.3 is 0 Å². The van der Waals surface area contributed by atoms with Crippen molar-refractivity contribution in [3.63, 3.8) is 0 Å². The van der Waals surface area contributed by atoms with E-state index in [9.17, 15) is 5.21 Å². The summed E-state index contributed by atoms with van der Waals surface area (Å²) in [6, 6.07) is 3.32. The Morgan fingerprint density at radius 1 is 1.62 bits per heavy atom. The summed E-state index contributed by atoms with van der Waals surface area (Å²) in [6.45, 7) is 0. The molecule has 0 radical (unpaired) electrons. The monoisotopic (exact) mass is 195 g/mol. The van der Waals surface area contributed by atoms with E-state index >= 15 is 0 Å². The third-order valence-corrected chi connectivity index (χ3v) is 1.63. The summed E-state index contributed by atoms with van der Waals surface area (Å²) in [7, 11) is 0. The topological polar surface area (TPSA) is 68.8 Å². The molecule has 2 heterocycles. The van der Waals surface area contributed by atoms with E-state index in [4.69, 9.17) is 16.6 Å². The SMILES string of the molecule is [O-][n+]1cccc(-c2n[nH]c(=S)o2)c1. The fourth-order valence-electron chi connectivity index (χ4n) is 0.935. The first-order valence-electron chi connectivity index (χ1n) is 3.50. The lowest BCUT2D eigenvalue weighted by Crippen LogP contribution is -2.23. The normalized spacial score (nSPS) is 10.2. The van der Waals surface area contributed by atoms with Gasteiger partial charge in [0.2, 0.25) is 0 Å². The first-order chi connectivity index (χ1) is 6.25. The van der Waals surface area contributed by atoms with Gasteiger partial charge in [0.25, 0.3) is 10.7 Å². The molecule has 6 heteroatoms. The van der Waals surface area contributed by atoms with E-state index in [0.717, 1.165) is 0 Å². The summed E-state index contributed by atoms with van der Waals surface area (Å²) >= 11 is 4.70. The summed E-state index contributed by atoms with van der Waals surface area (Å²) in [5.74, 6) is 0.315. The van der Waals surface area contributed by atoms with Gasteiger partial charge in [-0.2, -0.15) is 4.73 Å². The van der Waals surface area contributed by atoms with Crippen LogP contribution in [0.25, 0.3) is 11.5 Å². The van der Waals surface area contributed by atoms with Crippen molar-refractivity contribution in [2.45, 2.75) is 0 Å². The average Bonchev–Trinajstić information content (AvgIpc) is 2.52. The van der Waals surface area contributed by atoms with E-state index in [1.165, 1.54) is 12.4 Å². The average molecular weight is 195 g/mol. The van der Waals surface area contributed by atoms with E-state index in [2.05, 4.69) is 10.2 Å². The molecule has 2 rings (SSSR count). The van der Waals surface area contributed by atoms with Crippen LogP contribution in [-0.2, 0) is 0 Å². The number of nitrogens with zero attached hydrogens (tertiary/aromatic N) is 2. The van der Waals surface area contributed by atoms with Crippen molar-refractivity contribution in [2.24, 2.45) is 0 Å².